The fourth-order valence-electron chi connectivity index (χ4n) is 2.22. The van der Waals surface area contributed by atoms with E-state index in [4.69, 9.17) is 9.47 Å². The number of benzene rings is 2. The number of carbonyl (C=O) groups excluding carboxylic acids is 1. The molecule has 0 atom stereocenters. The number of methoxy groups -OCH3 is 1. The first-order valence-electron chi connectivity index (χ1n) is 6.64. The van der Waals surface area contributed by atoms with Gasteiger partial charge in [-0.1, -0.05) is 30.3 Å². The van der Waals surface area contributed by atoms with E-state index in [-0.39, 0.29) is 5.97 Å². The molecule has 0 aliphatic carbocycles. The molecule has 0 saturated heterocycles. The quantitative estimate of drug-likeness (QED) is 0.744. The van der Waals surface area contributed by atoms with Crippen LogP contribution in [0.1, 0.15) is 15.9 Å². The summed E-state index contributed by atoms with van der Waals surface area (Å²) in [5.74, 6) is 0.286. The van der Waals surface area contributed by atoms with Crippen LogP contribution in [-0.2, 0) is 11.3 Å². The number of aromatic nitrogens is 1. The lowest BCUT2D eigenvalue weighted by molar-refractivity contribution is 0.0600. The summed E-state index contributed by atoms with van der Waals surface area (Å²) in [6, 6.07) is 15.3. The van der Waals surface area contributed by atoms with E-state index in [9.17, 15) is 4.79 Å². The van der Waals surface area contributed by atoms with Gasteiger partial charge in [-0.25, -0.2) is 4.79 Å². The molecule has 1 heterocycles. The third kappa shape index (κ3) is 2.74. The predicted octanol–water partition coefficient (Wildman–Crippen LogP) is 3.53. The molecule has 0 unspecified atom stereocenters. The van der Waals surface area contributed by atoms with Crippen LogP contribution >= 0.6 is 0 Å². The van der Waals surface area contributed by atoms with Gasteiger partial charge in [0.05, 0.1) is 12.7 Å². The monoisotopic (exact) mass is 281 g/mol. The van der Waals surface area contributed by atoms with E-state index >= 15 is 0 Å². The van der Waals surface area contributed by atoms with Crippen molar-refractivity contribution in [1.82, 2.24) is 4.98 Å². The third-order valence-electron chi connectivity index (χ3n) is 3.29. The molecule has 1 N–H and O–H groups in total. The molecule has 0 aliphatic heterocycles. The minimum atomic E-state index is -0.379. The average molecular weight is 281 g/mol. The van der Waals surface area contributed by atoms with E-state index in [0.29, 0.717) is 17.9 Å². The maximum atomic E-state index is 11.7. The van der Waals surface area contributed by atoms with Gasteiger partial charge in [0.15, 0.2) is 0 Å². The number of aromatic amines is 1. The lowest BCUT2D eigenvalue weighted by Crippen LogP contribution is -2.02. The summed E-state index contributed by atoms with van der Waals surface area (Å²) in [6.07, 6.45) is 1.82. The molecule has 106 valence electrons. The zero-order valence-corrected chi connectivity index (χ0v) is 11.6. The van der Waals surface area contributed by atoms with Gasteiger partial charge in [0.25, 0.3) is 0 Å². The van der Waals surface area contributed by atoms with Gasteiger partial charge in [0.2, 0.25) is 0 Å². The second-order valence-electron chi connectivity index (χ2n) is 4.68. The Morgan fingerprint density at radius 3 is 2.71 bits per heavy atom. The maximum absolute atomic E-state index is 11.7. The van der Waals surface area contributed by atoms with Crippen molar-refractivity contribution in [3.63, 3.8) is 0 Å². The van der Waals surface area contributed by atoms with Crippen LogP contribution in [0.4, 0.5) is 0 Å². The summed E-state index contributed by atoms with van der Waals surface area (Å²) in [6.45, 7) is 0.450. The summed E-state index contributed by atoms with van der Waals surface area (Å²) in [5, 5.41) is 0.943. The molecule has 2 aromatic carbocycles. The Labute approximate surface area is 122 Å². The molecule has 4 nitrogen and oxygen atoms in total. The van der Waals surface area contributed by atoms with Crippen molar-refractivity contribution in [3.8, 4) is 5.75 Å². The Kier molecular flexibility index (Phi) is 3.60. The molecule has 4 heteroatoms. The van der Waals surface area contributed by atoms with Gasteiger partial charge in [-0.05, 0) is 23.8 Å². The minimum absolute atomic E-state index is 0.379. The van der Waals surface area contributed by atoms with Gasteiger partial charge in [-0.3, -0.25) is 0 Å². The fraction of sp³-hybridized carbons (Fsp3) is 0.118. The van der Waals surface area contributed by atoms with E-state index in [0.717, 1.165) is 16.5 Å². The van der Waals surface area contributed by atoms with E-state index in [1.165, 1.54) is 7.11 Å². The summed E-state index contributed by atoms with van der Waals surface area (Å²) in [7, 11) is 1.37. The van der Waals surface area contributed by atoms with Gasteiger partial charge in [-0.15, -0.1) is 0 Å². The Morgan fingerprint density at radius 1 is 1.14 bits per heavy atom. The molecular weight excluding hydrogens is 266 g/mol. The molecule has 0 fully saturated rings. The Hall–Kier alpha value is -2.75. The van der Waals surface area contributed by atoms with Crippen molar-refractivity contribution in [3.05, 3.63) is 65.9 Å². The topological polar surface area (TPSA) is 51.3 Å². The smallest absolute Gasteiger partial charge is 0.338 e. The highest BCUT2D eigenvalue weighted by Gasteiger charge is 2.12. The van der Waals surface area contributed by atoms with E-state index in [2.05, 4.69) is 4.98 Å². The van der Waals surface area contributed by atoms with Crippen molar-refractivity contribution in [2.45, 2.75) is 6.61 Å². The third-order valence-corrected chi connectivity index (χ3v) is 3.29. The predicted molar refractivity (Wildman–Crippen MR) is 80.4 cm³/mol. The van der Waals surface area contributed by atoms with Crippen LogP contribution in [0.25, 0.3) is 10.9 Å². The van der Waals surface area contributed by atoms with Gasteiger partial charge in [-0.2, -0.15) is 0 Å². The molecule has 0 spiro atoms. The Balaban J connectivity index is 1.92. The molecule has 0 saturated carbocycles. The van der Waals surface area contributed by atoms with Crippen LogP contribution in [0.2, 0.25) is 0 Å². The Bertz CT molecular complexity index is 762. The number of hydrogen-bond acceptors (Lipinski definition) is 3. The molecule has 3 rings (SSSR count). The number of esters is 1. The highest BCUT2D eigenvalue weighted by atomic mass is 16.5. The van der Waals surface area contributed by atoms with Crippen LogP contribution in [0.15, 0.2) is 54.7 Å². The van der Waals surface area contributed by atoms with Crippen molar-refractivity contribution in [2.75, 3.05) is 7.11 Å². The number of nitrogens with one attached hydrogen (secondary N) is 1. The van der Waals surface area contributed by atoms with Gasteiger partial charge in [0, 0.05) is 17.1 Å². The van der Waals surface area contributed by atoms with Crippen LogP contribution in [0.5, 0.6) is 5.75 Å². The normalized spacial score (nSPS) is 10.5. The highest BCUT2D eigenvalue weighted by Crippen LogP contribution is 2.28. The first-order chi connectivity index (χ1) is 10.3. The fourth-order valence-corrected chi connectivity index (χ4v) is 2.22. The van der Waals surface area contributed by atoms with Gasteiger partial charge in [0.1, 0.15) is 12.4 Å². The molecule has 1 aromatic heterocycles. The van der Waals surface area contributed by atoms with Crippen molar-refractivity contribution < 1.29 is 14.3 Å². The van der Waals surface area contributed by atoms with Crippen molar-refractivity contribution >= 4 is 16.9 Å². The molecular formula is C17H15NO3. The van der Waals surface area contributed by atoms with Crippen LogP contribution in [0, 0.1) is 0 Å². The van der Waals surface area contributed by atoms with E-state index in [1.54, 1.807) is 12.1 Å². The van der Waals surface area contributed by atoms with E-state index < -0.39 is 0 Å². The summed E-state index contributed by atoms with van der Waals surface area (Å²) in [4.78, 5) is 14.8. The minimum Gasteiger partial charge on any atom is -0.488 e. The molecule has 0 bridgehead atoms. The lowest BCUT2D eigenvalue weighted by atomic mass is 10.1. The second kappa shape index (κ2) is 5.71. The second-order valence-corrected chi connectivity index (χ2v) is 4.68. The number of rotatable bonds is 4. The van der Waals surface area contributed by atoms with Crippen LogP contribution < -0.4 is 4.74 Å². The summed E-state index contributed by atoms with van der Waals surface area (Å²) >= 11 is 0. The van der Waals surface area contributed by atoms with Crippen LogP contribution in [-0.4, -0.2) is 18.1 Å². The highest BCUT2D eigenvalue weighted by molar-refractivity contribution is 5.97. The molecule has 3 aromatic rings. The van der Waals surface area contributed by atoms with Gasteiger partial charge < -0.3 is 14.5 Å². The molecule has 0 aliphatic rings. The Morgan fingerprint density at radius 2 is 1.95 bits per heavy atom. The van der Waals surface area contributed by atoms with Gasteiger partial charge >= 0.3 is 5.97 Å². The number of ether oxygens (including phenoxy) is 2. The first-order valence-corrected chi connectivity index (χ1v) is 6.64. The standard InChI is InChI=1S/C17H15NO3/c1-20-17(19)13-9-15-14(7-8-18-15)16(10-13)21-11-12-5-3-2-4-6-12/h2-10,18H,11H2,1H3. The largest absolute Gasteiger partial charge is 0.488 e. The summed E-state index contributed by atoms with van der Waals surface area (Å²) < 4.78 is 10.6. The van der Waals surface area contributed by atoms with Crippen molar-refractivity contribution in [2.24, 2.45) is 0 Å². The molecule has 21 heavy (non-hydrogen) atoms. The first kappa shape index (κ1) is 13.2. The average Bonchev–Trinajstić information content (AvgIpc) is 3.01. The maximum Gasteiger partial charge on any atom is 0.338 e. The molecule has 0 radical (unpaired) electrons. The zero-order valence-electron chi connectivity index (χ0n) is 11.6. The number of H-pyrrole nitrogens is 1. The SMILES string of the molecule is COC(=O)c1cc(OCc2ccccc2)c2cc[nH]c2c1. The number of hydrogen-bond donors (Lipinski definition) is 1. The zero-order chi connectivity index (χ0) is 14.7. The lowest BCUT2D eigenvalue weighted by Gasteiger charge is -2.09. The van der Waals surface area contributed by atoms with E-state index in [1.807, 2.05) is 42.6 Å². The number of fused-ring (bicyclic) bond motifs is 1. The van der Waals surface area contributed by atoms with Crippen LogP contribution in [0.3, 0.4) is 0 Å². The summed E-state index contributed by atoms with van der Waals surface area (Å²) in [5.41, 5.74) is 2.39. The van der Waals surface area contributed by atoms with Crippen molar-refractivity contribution in [1.29, 1.82) is 0 Å². The molecule has 0 amide bonds. The number of carbonyl (C=O) groups is 1.